The van der Waals surface area contributed by atoms with Crippen LogP contribution >= 0.6 is 22.7 Å². The standard InChI is InChI=1S/C20H20N2OS2/c1-12-7-8-13(2)15(9-12)16-11-24-20(21-16)22-19(23)18-10-14-5-3-4-6-17(14)25-18/h7-11H,3-6H2,1-2H3,(H,21,22,23). The van der Waals surface area contributed by atoms with Gasteiger partial charge in [-0.1, -0.05) is 17.7 Å². The molecular weight excluding hydrogens is 348 g/mol. The number of nitrogens with zero attached hydrogens (tertiary/aromatic N) is 1. The maximum atomic E-state index is 12.6. The highest BCUT2D eigenvalue weighted by atomic mass is 32.1. The van der Waals surface area contributed by atoms with Gasteiger partial charge in [0.2, 0.25) is 0 Å². The molecule has 0 unspecified atom stereocenters. The Morgan fingerprint density at radius 1 is 1.16 bits per heavy atom. The van der Waals surface area contributed by atoms with Crippen molar-refractivity contribution in [2.24, 2.45) is 0 Å². The van der Waals surface area contributed by atoms with E-state index in [1.807, 2.05) is 5.38 Å². The second-order valence-corrected chi connectivity index (χ2v) is 8.57. The molecule has 0 saturated carbocycles. The third-order valence-electron chi connectivity index (χ3n) is 4.61. The van der Waals surface area contributed by atoms with E-state index in [2.05, 4.69) is 48.4 Å². The van der Waals surface area contributed by atoms with Gasteiger partial charge in [0.05, 0.1) is 10.6 Å². The molecule has 0 atom stereocenters. The van der Waals surface area contributed by atoms with Gasteiger partial charge in [-0.05, 0) is 62.8 Å². The average molecular weight is 369 g/mol. The molecule has 1 N–H and O–H groups in total. The number of nitrogens with one attached hydrogen (secondary N) is 1. The Hall–Kier alpha value is -1.98. The monoisotopic (exact) mass is 368 g/mol. The van der Waals surface area contributed by atoms with E-state index in [4.69, 9.17) is 0 Å². The van der Waals surface area contributed by atoms with Crippen LogP contribution in [0.2, 0.25) is 0 Å². The predicted molar refractivity (Wildman–Crippen MR) is 106 cm³/mol. The number of fused-ring (bicyclic) bond motifs is 1. The lowest BCUT2D eigenvalue weighted by Gasteiger charge is -2.08. The molecule has 3 nitrogen and oxygen atoms in total. The van der Waals surface area contributed by atoms with Gasteiger partial charge >= 0.3 is 0 Å². The van der Waals surface area contributed by atoms with Crippen molar-refractivity contribution in [2.45, 2.75) is 39.5 Å². The lowest BCUT2D eigenvalue weighted by atomic mass is 9.99. The third kappa shape index (κ3) is 3.39. The second kappa shape index (κ2) is 6.73. The molecule has 0 aliphatic heterocycles. The fourth-order valence-corrected chi connectivity index (χ4v) is 5.08. The largest absolute Gasteiger partial charge is 0.297 e. The lowest BCUT2D eigenvalue weighted by molar-refractivity contribution is 0.103. The van der Waals surface area contributed by atoms with Gasteiger partial charge in [-0.25, -0.2) is 4.98 Å². The zero-order valence-corrected chi connectivity index (χ0v) is 16.0. The number of carbonyl (C=O) groups is 1. The normalized spacial score (nSPS) is 13.5. The number of aryl methyl sites for hydroxylation is 4. The molecule has 1 aromatic carbocycles. The highest BCUT2D eigenvalue weighted by Gasteiger charge is 2.18. The van der Waals surface area contributed by atoms with Crippen LogP contribution in [0.15, 0.2) is 29.6 Å². The van der Waals surface area contributed by atoms with E-state index >= 15 is 0 Å². The summed E-state index contributed by atoms with van der Waals surface area (Å²) in [6.45, 7) is 4.17. The molecule has 5 heteroatoms. The molecule has 0 radical (unpaired) electrons. The molecule has 0 spiro atoms. The summed E-state index contributed by atoms with van der Waals surface area (Å²) in [6, 6.07) is 8.42. The number of hydrogen-bond donors (Lipinski definition) is 1. The van der Waals surface area contributed by atoms with E-state index in [0.717, 1.165) is 29.0 Å². The lowest BCUT2D eigenvalue weighted by Crippen LogP contribution is -2.09. The Kier molecular flexibility index (Phi) is 4.44. The van der Waals surface area contributed by atoms with Gasteiger partial charge in [0.15, 0.2) is 5.13 Å². The Labute approximate surface area is 155 Å². The minimum absolute atomic E-state index is 0.0405. The number of hydrogen-bond acceptors (Lipinski definition) is 4. The van der Waals surface area contributed by atoms with E-state index in [9.17, 15) is 4.79 Å². The Bertz CT molecular complexity index is 916. The summed E-state index contributed by atoms with van der Waals surface area (Å²) in [7, 11) is 0. The average Bonchev–Trinajstić information content (AvgIpc) is 3.23. The predicted octanol–water partition coefficient (Wildman–Crippen LogP) is 5.62. The molecule has 4 rings (SSSR count). The van der Waals surface area contributed by atoms with Crippen LogP contribution in [0.3, 0.4) is 0 Å². The highest BCUT2D eigenvalue weighted by molar-refractivity contribution is 7.15. The molecule has 3 aromatic rings. The summed E-state index contributed by atoms with van der Waals surface area (Å²) in [4.78, 5) is 19.4. The van der Waals surface area contributed by atoms with Crippen molar-refractivity contribution in [3.63, 3.8) is 0 Å². The number of anilines is 1. The highest BCUT2D eigenvalue weighted by Crippen LogP contribution is 2.31. The first-order valence-electron chi connectivity index (χ1n) is 8.56. The molecular formula is C20H20N2OS2. The molecule has 128 valence electrons. The van der Waals surface area contributed by atoms with Crippen molar-refractivity contribution in [3.05, 3.63) is 56.1 Å². The summed E-state index contributed by atoms with van der Waals surface area (Å²) in [5, 5.41) is 5.64. The maximum absolute atomic E-state index is 12.6. The first-order chi connectivity index (χ1) is 12.1. The van der Waals surface area contributed by atoms with E-state index < -0.39 is 0 Å². The molecule has 25 heavy (non-hydrogen) atoms. The van der Waals surface area contributed by atoms with Crippen LogP contribution < -0.4 is 5.32 Å². The summed E-state index contributed by atoms with van der Waals surface area (Å²) in [5.41, 5.74) is 5.81. The smallest absolute Gasteiger partial charge is 0.267 e. The number of carbonyl (C=O) groups excluding carboxylic acids is 1. The number of thiazole rings is 1. The zero-order chi connectivity index (χ0) is 17.4. The SMILES string of the molecule is Cc1ccc(C)c(-c2csc(NC(=O)c3cc4c(s3)CCCC4)n2)c1. The van der Waals surface area contributed by atoms with Crippen LogP contribution in [0.4, 0.5) is 5.13 Å². The van der Waals surface area contributed by atoms with Crippen LogP contribution in [0.1, 0.15) is 44.1 Å². The van der Waals surface area contributed by atoms with Crippen molar-refractivity contribution in [1.82, 2.24) is 4.98 Å². The summed E-state index contributed by atoms with van der Waals surface area (Å²) in [6.07, 6.45) is 4.69. The summed E-state index contributed by atoms with van der Waals surface area (Å²) in [5.74, 6) is -0.0405. The quantitative estimate of drug-likeness (QED) is 0.652. The number of thiophene rings is 1. The number of benzene rings is 1. The molecule has 0 saturated heterocycles. The molecule has 1 aliphatic carbocycles. The molecule has 1 aliphatic rings. The van der Waals surface area contributed by atoms with Gasteiger partial charge in [0.1, 0.15) is 0 Å². The van der Waals surface area contributed by atoms with Crippen LogP contribution in [0.5, 0.6) is 0 Å². The maximum Gasteiger partial charge on any atom is 0.267 e. The van der Waals surface area contributed by atoms with E-state index in [0.29, 0.717) is 5.13 Å². The number of amides is 1. The molecule has 2 heterocycles. The van der Waals surface area contributed by atoms with Crippen molar-refractivity contribution in [3.8, 4) is 11.3 Å². The Morgan fingerprint density at radius 2 is 2.00 bits per heavy atom. The minimum atomic E-state index is -0.0405. The zero-order valence-electron chi connectivity index (χ0n) is 14.4. The Morgan fingerprint density at radius 3 is 2.84 bits per heavy atom. The van der Waals surface area contributed by atoms with Gasteiger partial charge < -0.3 is 0 Å². The summed E-state index contributed by atoms with van der Waals surface area (Å²) >= 11 is 3.11. The van der Waals surface area contributed by atoms with E-state index in [1.54, 1.807) is 11.3 Å². The van der Waals surface area contributed by atoms with Crippen molar-refractivity contribution < 1.29 is 4.79 Å². The number of rotatable bonds is 3. The second-order valence-electron chi connectivity index (χ2n) is 6.58. The molecule has 0 bridgehead atoms. The van der Waals surface area contributed by atoms with Gasteiger partial charge in [-0.3, -0.25) is 10.1 Å². The third-order valence-corrected chi connectivity index (χ3v) is 6.61. The van der Waals surface area contributed by atoms with Crippen LogP contribution in [0.25, 0.3) is 11.3 Å². The van der Waals surface area contributed by atoms with Gasteiger partial charge in [-0.2, -0.15) is 0 Å². The minimum Gasteiger partial charge on any atom is -0.297 e. The Balaban J connectivity index is 1.53. The molecule has 0 fully saturated rings. The fraction of sp³-hybridized carbons (Fsp3) is 0.300. The van der Waals surface area contributed by atoms with Crippen molar-refractivity contribution >= 4 is 33.7 Å². The van der Waals surface area contributed by atoms with E-state index in [1.165, 1.54) is 45.7 Å². The summed E-state index contributed by atoms with van der Waals surface area (Å²) < 4.78 is 0. The molecule has 1 amide bonds. The first kappa shape index (κ1) is 16.5. The van der Waals surface area contributed by atoms with Crippen LogP contribution in [-0.2, 0) is 12.8 Å². The fourth-order valence-electron chi connectivity index (χ4n) is 3.23. The van der Waals surface area contributed by atoms with E-state index in [-0.39, 0.29) is 5.91 Å². The topological polar surface area (TPSA) is 42.0 Å². The van der Waals surface area contributed by atoms with Crippen molar-refractivity contribution in [2.75, 3.05) is 5.32 Å². The van der Waals surface area contributed by atoms with Gasteiger partial charge in [0.25, 0.3) is 5.91 Å². The molecule has 2 aromatic heterocycles. The van der Waals surface area contributed by atoms with Crippen molar-refractivity contribution in [1.29, 1.82) is 0 Å². The van der Waals surface area contributed by atoms with Gasteiger partial charge in [0, 0.05) is 15.8 Å². The van der Waals surface area contributed by atoms with Crippen LogP contribution in [-0.4, -0.2) is 10.9 Å². The van der Waals surface area contributed by atoms with Gasteiger partial charge in [-0.15, -0.1) is 22.7 Å². The number of aromatic nitrogens is 1. The first-order valence-corrected chi connectivity index (χ1v) is 10.3. The van der Waals surface area contributed by atoms with Crippen LogP contribution in [0, 0.1) is 13.8 Å².